The number of hydrogen-bond donors (Lipinski definition) is 1. The van der Waals surface area contributed by atoms with Gasteiger partial charge in [0.05, 0.1) is 11.7 Å². The third kappa shape index (κ3) is 2.31. The number of ether oxygens (including phenoxy) is 1. The van der Waals surface area contributed by atoms with Crippen LogP contribution in [0.15, 0.2) is 60.8 Å². The lowest BCUT2D eigenvalue weighted by Crippen LogP contribution is -1.99. The number of benzene rings is 2. The number of hydrogen-bond acceptors (Lipinski definition) is 3. The molecule has 3 aromatic rings. The second kappa shape index (κ2) is 5.01. The fraction of sp³-hybridized carbons (Fsp3) is 0. The van der Waals surface area contributed by atoms with Gasteiger partial charge < -0.3 is 9.84 Å². The van der Waals surface area contributed by atoms with Crippen LogP contribution in [0.3, 0.4) is 0 Å². The van der Waals surface area contributed by atoms with Gasteiger partial charge in [-0.05, 0) is 24.3 Å². The summed E-state index contributed by atoms with van der Waals surface area (Å²) in [5.41, 5.74) is 0.993. The maximum Gasteiger partial charge on any atom is 0.339 e. The largest absolute Gasteiger partial charge is 0.478 e. The molecule has 0 spiro atoms. The van der Waals surface area contributed by atoms with Gasteiger partial charge in [0.1, 0.15) is 17.1 Å². The van der Waals surface area contributed by atoms with Crippen LogP contribution in [0.5, 0.6) is 11.5 Å². The standard InChI is InChI=1S/C16H11NO3/c18-16(19)13-6-2-4-8-15(13)20-12-9-11-5-1-3-7-14(11)17-10-12/h1-10H,(H,18,19). The van der Waals surface area contributed by atoms with Gasteiger partial charge in [0, 0.05) is 5.39 Å². The van der Waals surface area contributed by atoms with E-state index < -0.39 is 5.97 Å². The van der Waals surface area contributed by atoms with Crippen LogP contribution in [0, 0.1) is 0 Å². The summed E-state index contributed by atoms with van der Waals surface area (Å²) >= 11 is 0. The Kier molecular flexibility index (Phi) is 3.05. The molecule has 0 fully saturated rings. The highest BCUT2D eigenvalue weighted by Crippen LogP contribution is 2.26. The summed E-state index contributed by atoms with van der Waals surface area (Å²) in [7, 11) is 0. The van der Waals surface area contributed by atoms with Crippen molar-refractivity contribution in [2.75, 3.05) is 0 Å². The summed E-state index contributed by atoms with van der Waals surface area (Å²) in [6, 6.07) is 16.0. The molecule has 0 aliphatic carbocycles. The first-order valence-electron chi connectivity index (χ1n) is 6.09. The van der Waals surface area contributed by atoms with E-state index in [2.05, 4.69) is 4.98 Å². The van der Waals surface area contributed by atoms with Gasteiger partial charge in [0.15, 0.2) is 0 Å². The van der Waals surface area contributed by atoms with Crippen LogP contribution in [0.1, 0.15) is 10.4 Å². The molecule has 1 heterocycles. The van der Waals surface area contributed by atoms with E-state index in [1.165, 1.54) is 6.07 Å². The summed E-state index contributed by atoms with van der Waals surface area (Å²) < 4.78 is 5.64. The highest BCUT2D eigenvalue weighted by Gasteiger charge is 2.11. The third-order valence-electron chi connectivity index (χ3n) is 2.91. The SMILES string of the molecule is O=C(O)c1ccccc1Oc1cnc2ccccc2c1. The molecule has 0 amide bonds. The summed E-state index contributed by atoms with van der Waals surface area (Å²) in [5.74, 6) is -0.205. The van der Waals surface area contributed by atoms with E-state index in [0.717, 1.165) is 10.9 Å². The molecule has 4 heteroatoms. The molecule has 1 N–H and O–H groups in total. The summed E-state index contributed by atoms with van der Waals surface area (Å²) in [6.07, 6.45) is 1.58. The normalized spacial score (nSPS) is 10.4. The molecule has 2 aromatic carbocycles. The van der Waals surface area contributed by atoms with E-state index in [9.17, 15) is 4.79 Å². The molecule has 0 saturated heterocycles. The average Bonchev–Trinajstić information content (AvgIpc) is 2.47. The van der Waals surface area contributed by atoms with E-state index in [1.807, 2.05) is 30.3 Å². The topological polar surface area (TPSA) is 59.4 Å². The molecule has 3 rings (SSSR count). The first kappa shape index (κ1) is 12.2. The highest BCUT2D eigenvalue weighted by atomic mass is 16.5. The monoisotopic (exact) mass is 265 g/mol. The Labute approximate surface area is 115 Å². The molecular weight excluding hydrogens is 254 g/mol. The lowest BCUT2D eigenvalue weighted by atomic mass is 10.2. The zero-order valence-corrected chi connectivity index (χ0v) is 10.5. The van der Waals surface area contributed by atoms with Gasteiger partial charge in [-0.15, -0.1) is 0 Å². The number of pyridine rings is 1. The van der Waals surface area contributed by atoms with Gasteiger partial charge in [-0.1, -0.05) is 30.3 Å². The molecule has 4 nitrogen and oxygen atoms in total. The summed E-state index contributed by atoms with van der Waals surface area (Å²) in [4.78, 5) is 15.4. The molecule has 1 aromatic heterocycles. The molecule has 0 saturated carbocycles. The van der Waals surface area contributed by atoms with E-state index in [1.54, 1.807) is 24.4 Å². The van der Waals surface area contributed by atoms with E-state index in [0.29, 0.717) is 11.5 Å². The fourth-order valence-electron chi connectivity index (χ4n) is 1.97. The Bertz CT molecular complexity index is 783. The van der Waals surface area contributed by atoms with Gasteiger partial charge in [-0.25, -0.2) is 4.79 Å². The van der Waals surface area contributed by atoms with Crippen LogP contribution in [0.25, 0.3) is 10.9 Å². The minimum atomic E-state index is -1.02. The van der Waals surface area contributed by atoms with Crippen LogP contribution in [-0.4, -0.2) is 16.1 Å². The van der Waals surface area contributed by atoms with E-state index >= 15 is 0 Å². The number of para-hydroxylation sites is 2. The van der Waals surface area contributed by atoms with Gasteiger partial charge >= 0.3 is 5.97 Å². The number of aromatic carboxylic acids is 1. The van der Waals surface area contributed by atoms with Gasteiger partial charge in [-0.2, -0.15) is 0 Å². The summed E-state index contributed by atoms with van der Waals surface area (Å²) in [5, 5.41) is 10.1. The van der Waals surface area contributed by atoms with Crippen LogP contribution in [0.2, 0.25) is 0 Å². The maximum absolute atomic E-state index is 11.1. The predicted molar refractivity (Wildman–Crippen MR) is 75.2 cm³/mol. The number of carbonyl (C=O) groups is 1. The van der Waals surface area contributed by atoms with Crippen molar-refractivity contribution in [3.8, 4) is 11.5 Å². The Balaban J connectivity index is 1.99. The number of carboxylic acid groups (broad SMARTS) is 1. The maximum atomic E-state index is 11.1. The van der Waals surface area contributed by atoms with Crippen LogP contribution in [0.4, 0.5) is 0 Å². The van der Waals surface area contributed by atoms with Crippen molar-refractivity contribution in [3.63, 3.8) is 0 Å². The van der Waals surface area contributed by atoms with Gasteiger partial charge in [0.2, 0.25) is 0 Å². The van der Waals surface area contributed by atoms with Crippen molar-refractivity contribution in [1.29, 1.82) is 0 Å². The molecule has 0 aliphatic heterocycles. The van der Waals surface area contributed by atoms with Crippen LogP contribution < -0.4 is 4.74 Å². The lowest BCUT2D eigenvalue weighted by Gasteiger charge is -2.08. The quantitative estimate of drug-likeness (QED) is 0.784. The first-order valence-corrected chi connectivity index (χ1v) is 6.09. The molecule has 0 unspecified atom stereocenters. The van der Waals surface area contributed by atoms with Crippen molar-refractivity contribution in [3.05, 3.63) is 66.4 Å². The molecule has 0 bridgehead atoms. The van der Waals surface area contributed by atoms with Crippen molar-refractivity contribution in [1.82, 2.24) is 4.98 Å². The Morgan fingerprint density at radius 3 is 2.65 bits per heavy atom. The Morgan fingerprint density at radius 1 is 1.05 bits per heavy atom. The second-order valence-corrected chi connectivity index (χ2v) is 4.27. The zero-order valence-electron chi connectivity index (χ0n) is 10.5. The fourth-order valence-corrected chi connectivity index (χ4v) is 1.97. The van der Waals surface area contributed by atoms with Crippen molar-refractivity contribution >= 4 is 16.9 Å². The first-order chi connectivity index (χ1) is 9.74. The minimum absolute atomic E-state index is 0.126. The van der Waals surface area contributed by atoms with Crippen molar-refractivity contribution in [2.24, 2.45) is 0 Å². The lowest BCUT2D eigenvalue weighted by molar-refractivity contribution is 0.0694. The predicted octanol–water partition coefficient (Wildman–Crippen LogP) is 3.73. The summed E-state index contributed by atoms with van der Waals surface area (Å²) in [6.45, 7) is 0. The van der Waals surface area contributed by atoms with Crippen LogP contribution in [-0.2, 0) is 0 Å². The number of aromatic nitrogens is 1. The highest BCUT2D eigenvalue weighted by molar-refractivity contribution is 5.91. The van der Waals surface area contributed by atoms with E-state index in [-0.39, 0.29) is 5.56 Å². The Morgan fingerprint density at radius 2 is 1.80 bits per heavy atom. The molecule has 0 aliphatic rings. The number of nitrogens with zero attached hydrogens (tertiary/aromatic N) is 1. The smallest absolute Gasteiger partial charge is 0.339 e. The zero-order chi connectivity index (χ0) is 13.9. The molecule has 0 atom stereocenters. The number of carboxylic acids is 1. The average molecular weight is 265 g/mol. The molecule has 98 valence electrons. The van der Waals surface area contributed by atoms with Crippen LogP contribution >= 0.6 is 0 Å². The number of rotatable bonds is 3. The van der Waals surface area contributed by atoms with Gasteiger partial charge in [0.25, 0.3) is 0 Å². The number of fused-ring (bicyclic) bond motifs is 1. The van der Waals surface area contributed by atoms with Gasteiger partial charge in [-0.3, -0.25) is 4.98 Å². The second-order valence-electron chi connectivity index (χ2n) is 4.27. The molecule has 0 radical (unpaired) electrons. The van der Waals surface area contributed by atoms with E-state index in [4.69, 9.17) is 9.84 Å². The van der Waals surface area contributed by atoms with Crippen molar-refractivity contribution in [2.45, 2.75) is 0 Å². The Hall–Kier alpha value is -2.88. The molecular formula is C16H11NO3. The van der Waals surface area contributed by atoms with Crippen molar-refractivity contribution < 1.29 is 14.6 Å². The molecule has 20 heavy (non-hydrogen) atoms. The minimum Gasteiger partial charge on any atom is -0.478 e. The third-order valence-corrected chi connectivity index (χ3v) is 2.91.